The molecule has 0 aromatic rings. The van der Waals surface area contributed by atoms with Gasteiger partial charge in [0, 0.05) is 13.7 Å². The highest BCUT2D eigenvalue weighted by Gasteiger charge is 2.44. The molecule has 0 radical (unpaired) electrons. The number of nitrogens with one attached hydrogen (secondary N) is 1. The van der Waals surface area contributed by atoms with Gasteiger partial charge in [-0.1, -0.05) is 13.8 Å². The monoisotopic (exact) mass is 286 g/mol. The smallest absolute Gasteiger partial charge is 0.329 e. The van der Waals surface area contributed by atoms with Crippen LogP contribution in [0, 0.1) is 5.92 Å². The number of hydrogen-bond donors (Lipinski definition) is 2. The minimum absolute atomic E-state index is 0.118. The third-order valence-electron chi connectivity index (χ3n) is 4.06. The van der Waals surface area contributed by atoms with E-state index in [9.17, 15) is 14.7 Å². The molecule has 0 aromatic carbocycles. The Morgan fingerprint density at radius 3 is 2.55 bits per heavy atom. The topological polar surface area (TPSA) is 78.9 Å². The van der Waals surface area contributed by atoms with Crippen LogP contribution in [0.25, 0.3) is 0 Å². The minimum Gasteiger partial charge on any atom is -0.480 e. The first kappa shape index (κ1) is 16.8. The molecule has 1 saturated heterocycles. The van der Waals surface area contributed by atoms with E-state index < -0.39 is 11.5 Å². The lowest BCUT2D eigenvalue weighted by molar-refractivity contribution is -0.150. The molecular weight excluding hydrogens is 260 g/mol. The molecule has 0 aromatic heterocycles. The van der Waals surface area contributed by atoms with Crippen molar-refractivity contribution in [1.82, 2.24) is 10.2 Å². The van der Waals surface area contributed by atoms with E-state index in [1.165, 1.54) is 4.90 Å². The van der Waals surface area contributed by atoms with Gasteiger partial charge in [0.2, 0.25) is 0 Å². The SMILES string of the molecule is COCC(NC(=O)N1CCCCC1(C)C(=O)O)C(C)C. The lowest BCUT2D eigenvalue weighted by Crippen LogP contribution is -2.61. The molecule has 116 valence electrons. The van der Waals surface area contributed by atoms with Crippen LogP contribution in [0.3, 0.4) is 0 Å². The maximum atomic E-state index is 12.4. The van der Waals surface area contributed by atoms with Crippen molar-refractivity contribution in [3.63, 3.8) is 0 Å². The van der Waals surface area contributed by atoms with Crippen molar-refractivity contribution in [2.45, 2.75) is 51.6 Å². The molecule has 1 aliphatic rings. The molecule has 2 N–H and O–H groups in total. The van der Waals surface area contributed by atoms with Gasteiger partial charge in [-0.3, -0.25) is 0 Å². The molecule has 0 bridgehead atoms. The molecule has 1 fully saturated rings. The van der Waals surface area contributed by atoms with E-state index in [1.54, 1.807) is 14.0 Å². The van der Waals surface area contributed by atoms with E-state index in [4.69, 9.17) is 4.74 Å². The first-order valence-electron chi connectivity index (χ1n) is 7.13. The van der Waals surface area contributed by atoms with Gasteiger partial charge in [0.25, 0.3) is 0 Å². The van der Waals surface area contributed by atoms with Crippen LogP contribution in [-0.4, -0.2) is 53.8 Å². The van der Waals surface area contributed by atoms with Crippen molar-refractivity contribution >= 4 is 12.0 Å². The number of carbonyl (C=O) groups excluding carboxylic acids is 1. The van der Waals surface area contributed by atoms with Gasteiger partial charge in [0.1, 0.15) is 5.54 Å². The Hall–Kier alpha value is -1.30. The third kappa shape index (κ3) is 3.62. The van der Waals surface area contributed by atoms with Crippen LogP contribution < -0.4 is 5.32 Å². The summed E-state index contributed by atoms with van der Waals surface area (Å²) in [5.41, 5.74) is -1.11. The molecule has 1 rings (SSSR count). The number of ether oxygens (including phenoxy) is 1. The van der Waals surface area contributed by atoms with Crippen LogP contribution in [0.2, 0.25) is 0 Å². The number of likely N-dealkylation sites (tertiary alicyclic amines) is 1. The number of carboxylic acid groups (broad SMARTS) is 1. The summed E-state index contributed by atoms with van der Waals surface area (Å²) in [7, 11) is 1.59. The van der Waals surface area contributed by atoms with Crippen LogP contribution in [-0.2, 0) is 9.53 Å². The Morgan fingerprint density at radius 2 is 2.05 bits per heavy atom. The molecule has 6 heteroatoms. The van der Waals surface area contributed by atoms with Crippen molar-refractivity contribution in [3.8, 4) is 0 Å². The van der Waals surface area contributed by atoms with Crippen molar-refractivity contribution in [2.24, 2.45) is 5.92 Å². The molecular formula is C14H26N2O4. The number of amides is 2. The summed E-state index contributed by atoms with van der Waals surface area (Å²) in [5, 5.41) is 12.3. The quantitative estimate of drug-likeness (QED) is 0.806. The normalized spacial score (nSPS) is 24.6. The summed E-state index contributed by atoms with van der Waals surface area (Å²) in [5.74, 6) is -0.722. The Kier molecular flexibility index (Phi) is 5.80. The first-order valence-corrected chi connectivity index (χ1v) is 7.13. The Bertz CT molecular complexity index is 359. The van der Waals surface area contributed by atoms with E-state index >= 15 is 0 Å². The highest BCUT2D eigenvalue weighted by molar-refractivity contribution is 5.86. The zero-order valence-corrected chi connectivity index (χ0v) is 12.8. The second-order valence-electron chi connectivity index (χ2n) is 5.94. The molecule has 2 atom stereocenters. The number of piperidine rings is 1. The highest BCUT2D eigenvalue weighted by atomic mass is 16.5. The zero-order valence-electron chi connectivity index (χ0n) is 12.8. The Morgan fingerprint density at radius 1 is 1.40 bits per heavy atom. The molecule has 1 heterocycles. The summed E-state index contributed by atoms with van der Waals surface area (Å²) in [6.45, 7) is 6.51. The van der Waals surface area contributed by atoms with Gasteiger partial charge in [0.05, 0.1) is 12.6 Å². The minimum atomic E-state index is -1.11. The predicted molar refractivity (Wildman–Crippen MR) is 75.6 cm³/mol. The van der Waals surface area contributed by atoms with Gasteiger partial charge >= 0.3 is 12.0 Å². The molecule has 0 aliphatic carbocycles. The van der Waals surface area contributed by atoms with E-state index in [0.29, 0.717) is 19.6 Å². The standard InChI is InChI=1S/C14H26N2O4/c1-10(2)11(9-20-4)15-13(19)16-8-6-5-7-14(16,3)12(17)18/h10-11H,5-9H2,1-4H3,(H,15,19)(H,17,18). The molecule has 2 amide bonds. The van der Waals surface area contributed by atoms with Crippen molar-refractivity contribution in [1.29, 1.82) is 0 Å². The summed E-state index contributed by atoms with van der Waals surface area (Å²) in [6.07, 6.45) is 2.16. The number of methoxy groups -OCH3 is 1. The van der Waals surface area contributed by atoms with Crippen molar-refractivity contribution < 1.29 is 19.4 Å². The van der Waals surface area contributed by atoms with E-state index in [-0.39, 0.29) is 18.0 Å². The number of aliphatic carboxylic acids is 1. The Labute approximate surface area is 120 Å². The maximum Gasteiger partial charge on any atom is 0.329 e. The van der Waals surface area contributed by atoms with Gasteiger partial charge in [-0.05, 0) is 32.1 Å². The Balaban J connectivity index is 2.80. The molecule has 0 spiro atoms. The lowest BCUT2D eigenvalue weighted by Gasteiger charge is -2.42. The molecule has 1 aliphatic heterocycles. The van der Waals surface area contributed by atoms with E-state index in [0.717, 1.165) is 12.8 Å². The molecule has 20 heavy (non-hydrogen) atoms. The van der Waals surface area contributed by atoms with Crippen LogP contribution in [0.5, 0.6) is 0 Å². The first-order chi connectivity index (χ1) is 9.32. The maximum absolute atomic E-state index is 12.4. The third-order valence-corrected chi connectivity index (χ3v) is 4.06. The predicted octanol–water partition coefficient (Wildman–Crippen LogP) is 1.70. The van der Waals surface area contributed by atoms with Gasteiger partial charge in [-0.15, -0.1) is 0 Å². The highest BCUT2D eigenvalue weighted by Crippen LogP contribution is 2.28. The molecule has 2 unspecified atom stereocenters. The number of hydrogen-bond acceptors (Lipinski definition) is 3. The number of nitrogens with zero attached hydrogens (tertiary/aromatic N) is 1. The second-order valence-corrected chi connectivity index (χ2v) is 5.94. The lowest BCUT2D eigenvalue weighted by atomic mass is 9.89. The summed E-state index contributed by atoms with van der Waals surface area (Å²) >= 11 is 0. The number of carbonyl (C=O) groups is 2. The van der Waals surface area contributed by atoms with Crippen molar-refractivity contribution in [3.05, 3.63) is 0 Å². The van der Waals surface area contributed by atoms with Crippen LogP contribution >= 0.6 is 0 Å². The second kappa shape index (κ2) is 6.92. The average molecular weight is 286 g/mol. The van der Waals surface area contributed by atoms with Crippen LogP contribution in [0.1, 0.15) is 40.0 Å². The fourth-order valence-corrected chi connectivity index (χ4v) is 2.49. The van der Waals surface area contributed by atoms with E-state index in [2.05, 4.69) is 5.32 Å². The fourth-order valence-electron chi connectivity index (χ4n) is 2.49. The van der Waals surface area contributed by atoms with Crippen LogP contribution in [0.4, 0.5) is 4.79 Å². The average Bonchev–Trinajstić information content (AvgIpc) is 2.38. The van der Waals surface area contributed by atoms with Crippen molar-refractivity contribution in [2.75, 3.05) is 20.3 Å². The van der Waals surface area contributed by atoms with Gasteiger partial charge in [0.15, 0.2) is 0 Å². The number of rotatable bonds is 5. The number of carboxylic acids is 1. The summed E-state index contributed by atoms with van der Waals surface area (Å²) < 4.78 is 5.10. The van der Waals surface area contributed by atoms with Gasteiger partial charge in [-0.25, -0.2) is 9.59 Å². The van der Waals surface area contributed by atoms with Gasteiger partial charge in [-0.2, -0.15) is 0 Å². The summed E-state index contributed by atoms with van der Waals surface area (Å²) in [4.78, 5) is 25.3. The van der Waals surface area contributed by atoms with Gasteiger partial charge < -0.3 is 20.1 Å². The van der Waals surface area contributed by atoms with E-state index in [1.807, 2.05) is 13.8 Å². The molecule has 6 nitrogen and oxygen atoms in total. The fraction of sp³-hybridized carbons (Fsp3) is 0.857. The zero-order chi connectivity index (χ0) is 15.3. The largest absolute Gasteiger partial charge is 0.480 e. The molecule has 0 saturated carbocycles. The number of urea groups is 1. The van der Waals surface area contributed by atoms with Crippen LogP contribution in [0.15, 0.2) is 0 Å². The summed E-state index contributed by atoms with van der Waals surface area (Å²) in [6, 6.07) is -0.433.